The molecule has 0 radical (unpaired) electrons. The van der Waals surface area contributed by atoms with Gasteiger partial charge in [0.05, 0.1) is 5.01 Å². The van der Waals surface area contributed by atoms with E-state index in [9.17, 15) is 0 Å². The van der Waals surface area contributed by atoms with Gasteiger partial charge < -0.3 is 0 Å². The quantitative estimate of drug-likeness (QED) is 0.738. The molecule has 0 aromatic carbocycles. The number of hydrogen-bond donors (Lipinski definition) is 0. The van der Waals surface area contributed by atoms with E-state index in [0.29, 0.717) is 5.15 Å². The van der Waals surface area contributed by atoms with Crippen LogP contribution in [0.25, 0.3) is 10.3 Å². The van der Waals surface area contributed by atoms with Gasteiger partial charge in [-0.15, -0.1) is 0 Å². The minimum atomic E-state index is 0.466. The number of hydrogen-bond acceptors (Lipinski definition) is 4. The molecule has 1 aliphatic rings. The normalized spacial score (nSPS) is 16.4. The van der Waals surface area contributed by atoms with Crippen molar-refractivity contribution in [2.75, 3.05) is 0 Å². The van der Waals surface area contributed by atoms with Gasteiger partial charge in [0, 0.05) is 6.42 Å². The Labute approximate surface area is 90.2 Å². The smallest absolute Gasteiger partial charge is 0.159 e. The molecule has 2 aromatic heterocycles. The van der Waals surface area contributed by atoms with Crippen LogP contribution in [-0.4, -0.2) is 15.0 Å². The molecular weight excluding hydrogens is 218 g/mol. The average molecular weight is 226 g/mol. The fourth-order valence-corrected chi connectivity index (χ4v) is 2.68. The summed E-state index contributed by atoms with van der Waals surface area (Å²) in [6.45, 7) is 0. The molecule has 1 fully saturated rings. The largest absolute Gasteiger partial charge is 0.236 e. The Kier molecular flexibility index (Phi) is 1.92. The van der Waals surface area contributed by atoms with Crippen LogP contribution < -0.4 is 0 Å². The van der Waals surface area contributed by atoms with Crippen LogP contribution in [0.1, 0.15) is 17.8 Å². The first-order valence-electron chi connectivity index (χ1n) is 4.59. The predicted molar refractivity (Wildman–Crippen MR) is 56.6 cm³/mol. The van der Waals surface area contributed by atoms with E-state index in [1.165, 1.54) is 19.2 Å². The van der Waals surface area contributed by atoms with Gasteiger partial charge in [-0.1, -0.05) is 22.9 Å². The third-order valence-corrected chi connectivity index (χ3v) is 3.62. The molecule has 2 heterocycles. The minimum Gasteiger partial charge on any atom is -0.236 e. The maximum Gasteiger partial charge on any atom is 0.159 e. The summed E-state index contributed by atoms with van der Waals surface area (Å²) in [7, 11) is 0. The van der Waals surface area contributed by atoms with E-state index in [4.69, 9.17) is 11.6 Å². The lowest BCUT2D eigenvalue weighted by Gasteiger charge is -1.88. The lowest BCUT2D eigenvalue weighted by atomic mass is 10.3. The summed E-state index contributed by atoms with van der Waals surface area (Å²) in [4.78, 5) is 13.4. The van der Waals surface area contributed by atoms with Crippen LogP contribution in [0.15, 0.2) is 6.33 Å². The maximum absolute atomic E-state index is 5.92. The van der Waals surface area contributed by atoms with Crippen molar-refractivity contribution >= 4 is 33.3 Å². The lowest BCUT2D eigenvalue weighted by Crippen LogP contribution is -1.84. The number of nitrogens with zero attached hydrogens (tertiary/aromatic N) is 3. The average Bonchev–Trinajstić information content (AvgIpc) is 2.84. The van der Waals surface area contributed by atoms with Gasteiger partial charge in [0.2, 0.25) is 0 Å². The van der Waals surface area contributed by atoms with E-state index in [1.807, 2.05) is 0 Å². The highest BCUT2D eigenvalue weighted by molar-refractivity contribution is 7.18. The van der Waals surface area contributed by atoms with E-state index in [2.05, 4.69) is 15.0 Å². The van der Waals surface area contributed by atoms with Crippen LogP contribution in [0.5, 0.6) is 0 Å². The van der Waals surface area contributed by atoms with Gasteiger partial charge in [-0.2, -0.15) is 0 Å². The standard InChI is InChI=1S/C9H8ClN3S/c10-8-7-9(12-4-11-8)14-6(13-7)3-5-1-2-5/h4-5H,1-3H2. The predicted octanol–water partition coefficient (Wildman–Crippen LogP) is 2.69. The molecule has 3 rings (SSSR count). The van der Waals surface area contributed by atoms with E-state index >= 15 is 0 Å². The van der Waals surface area contributed by atoms with Crippen molar-refractivity contribution in [1.29, 1.82) is 0 Å². The summed E-state index contributed by atoms with van der Waals surface area (Å²) in [5, 5.41) is 1.61. The van der Waals surface area contributed by atoms with Gasteiger partial charge >= 0.3 is 0 Å². The molecule has 14 heavy (non-hydrogen) atoms. The summed E-state index contributed by atoms with van der Waals surface area (Å²) < 4.78 is 0. The van der Waals surface area contributed by atoms with E-state index in [0.717, 1.165) is 27.7 Å². The van der Waals surface area contributed by atoms with E-state index in [-0.39, 0.29) is 0 Å². The number of aromatic nitrogens is 3. The first-order chi connectivity index (χ1) is 6.83. The summed E-state index contributed by atoms with van der Waals surface area (Å²) in [6, 6.07) is 0. The molecule has 0 bridgehead atoms. The molecule has 2 aromatic rings. The second-order valence-corrected chi connectivity index (χ2v) is 4.99. The lowest BCUT2D eigenvalue weighted by molar-refractivity contribution is 0.826. The Morgan fingerprint density at radius 3 is 3.00 bits per heavy atom. The van der Waals surface area contributed by atoms with E-state index in [1.54, 1.807) is 11.3 Å². The molecule has 5 heteroatoms. The van der Waals surface area contributed by atoms with Gasteiger partial charge in [-0.3, -0.25) is 0 Å². The molecule has 0 spiro atoms. The van der Waals surface area contributed by atoms with Crippen LogP contribution in [0, 0.1) is 5.92 Å². The van der Waals surface area contributed by atoms with Gasteiger partial charge in [0.1, 0.15) is 16.7 Å². The van der Waals surface area contributed by atoms with Crippen molar-refractivity contribution in [3.63, 3.8) is 0 Å². The van der Waals surface area contributed by atoms with Crippen molar-refractivity contribution in [3.8, 4) is 0 Å². The fourth-order valence-electron chi connectivity index (χ4n) is 1.43. The second kappa shape index (κ2) is 3.14. The van der Waals surface area contributed by atoms with Crippen molar-refractivity contribution in [3.05, 3.63) is 16.5 Å². The molecule has 0 unspecified atom stereocenters. The Bertz CT molecular complexity index is 478. The zero-order chi connectivity index (χ0) is 9.54. The number of thiazole rings is 1. The van der Waals surface area contributed by atoms with Crippen LogP contribution in [0.4, 0.5) is 0 Å². The molecule has 0 aliphatic heterocycles. The molecule has 1 saturated carbocycles. The van der Waals surface area contributed by atoms with Crippen LogP contribution in [0.2, 0.25) is 5.15 Å². The van der Waals surface area contributed by atoms with Crippen molar-refractivity contribution in [1.82, 2.24) is 15.0 Å². The third-order valence-electron chi connectivity index (χ3n) is 2.36. The number of halogens is 1. The molecule has 0 saturated heterocycles. The molecule has 1 aliphatic carbocycles. The Morgan fingerprint density at radius 1 is 1.43 bits per heavy atom. The summed E-state index contributed by atoms with van der Waals surface area (Å²) in [5.41, 5.74) is 0.759. The SMILES string of the molecule is Clc1ncnc2sc(CC3CC3)nc12. The topological polar surface area (TPSA) is 38.7 Å². The van der Waals surface area contributed by atoms with E-state index < -0.39 is 0 Å². The van der Waals surface area contributed by atoms with Crippen molar-refractivity contribution in [2.45, 2.75) is 19.3 Å². The molecular formula is C9H8ClN3S. The summed E-state index contributed by atoms with van der Waals surface area (Å²) >= 11 is 7.55. The minimum absolute atomic E-state index is 0.466. The van der Waals surface area contributed by atoms with Gasteiger partial charge in [-0.25, -0.2) is 15.0 Å². The highest BCUT2D eigenvalue weighted by Gasteiger charge is 2.23. The molecule has 3 nitrogen and oxygen atoms in total. The highest BCUT2D eigenvalue weighted by Crippen LogP contribution is 2.35. The fraction of sp³-hybridized carbons (Fsp3) is 0.444. The van der Waals surface area contributed by atoms with Gasteiger partial charge in [-0.05, 0) is 18.8 Å². The summed E-state index contributed by atoms with van der Waals surface area (Å²) in [6.07, 6.45) is 5.26. The zero-order valence-corrected chi connectivity index (χ0v) is 8.98. The van der Waals surface area contributed by atoms with Crippen molar-refractivity contribution < 1.29 is 0 Å². The molecule has 0 atom stereocenters. The number of rotatable bonds is 2. The highest BCUT2D eigenvalue weighted by atomic mass is 35.5. The van der Waals surface area contributed by atoms with Crippen LogP contribution in [0.3, 0.4) is 0 Å². The first kappa shape index (κ1) is 8.56. The monoisotopic (exact) mass is 225 g/mol. The Hall–Kier alpha value is -0.740. The van der Waals surface area contributed by atoms with Crippen molar-refractivity contribution in [2.24, 2.45) is 5.92 Å². The second-order valence-electron chi connectivity index (χ2n) is 3.57. The Balaban J connectivity index is 2.05. The maximum atomic E-state index is 5.92. The third kappa shape index (κ3) is 1.48. The first-order valence-corrected chi connectivity index (χ1v) is 5.78. The molecule has 0 N–H and O–H groups in total. The van der Waals surface area contributed by atoms with Crippen LogP contribution >= 0.6 is 22.9 Å². The van der Waals surface area contributed by atoms with Crippen LogP contribution in [-0.2, 0) is 6.42 Å². The summed E-state index contributed by atoms with van der Waals surface area (Å²) in [5.74, 6) is 0.849. The number of fused-ring (bicyclic) bond motifs is 1. The van der Waals surface area contributed by atoms with Gasteiger partial charge in [0.15, 0.2) is 5.15 Å². The molecule has 72 valence electrons. The zero-order valence-electron chi connectivity index (χ0n) is 7.40. The Morgan fingerprint density at radius 2 is 2.29 bits per heavy atom. The van der Waals surface area contributed by atoms with Gasteiger partial charge in [0.25, 0.3) is 0 Å². The molecule has 0 amide bonds.